The number of H-pyrrole nitrogens is 2. The summed E-state index contributed by atoms with van der Waals surface area (Å²) in [4.78, 5) is 36.1. The van der Waals surface area contributed by atoms with Crippen molar-refractivity contribution in [3.63, 3.8) is 0 Å². The maximum Gasteiger partial charge on any atom is 0.220 e. The summed E-state index contributed by atoms with van der Waals surface area (Å²) < 4.78 is 5.51. The molecule has 0 radical (unpaired) electrons. The van der Waals surface area contributed by atoms with E-state index in [0.29, 0.717) is 37.1 Å². The maximum absolute atomic E-state index is 12.9. The molecule has 0 aliphatic carbocycles. The van der Waals surface area contributed by atoms with Crippen molar-refractivity contribution < 1.29 is 14.3 Å². The number of amides is 1. The molecule has 3 rings (SSSR count). The molecule has 1 aliphatic heterocycles. The highest BCUT2D eigenvalue weighted by Crippen LogP contribution is 2.28. The average molecular weight is 487 g/mol. The van der Waals surface area contributed by atoms with E-state index >= 15 is 0 Å². The van der Waals surface area contributed by atoms with E-state index in [2.05, 4.69) is 15.3 Å². The smallest absolute Gasteiger partial charge is 0.220 e. The molecule has 2 aromatic rings. The van der Waals surface area contributed by atoms with Crippen LogP contribution in [0.1, 0.15) is 79.5 Å². The number of nitrogens with one attached hydrogen (secondary N) is 3. The Morgan fingerprint density at radius 1 is 1.18 bits per heavy atom. The van der Waals surface area contributed by atoms with Gasteiger partial charge in [-0.25, -0.2) is 4.99 Å². The molecule has 1 aliphatic rings. The number of hydrogen-bond donors (Lipinski definition) is 3. The Kier molecular flexibility index (Phi) is 9.10. The molecule has 0 bridgehead atoms. The van der Waals surface area contributed by atoms with E-state index < -0.39 is 0 Å². The van der Waals surface area contributed by atoms with E-state index in [4.69, 9.17) is 9.73 Å². The molecule has 7 nitrogen and oxygen atoms in total. The fourth-order valence-corrected chi connectivity index (χ4v) is 3.96. The molecule has 8 heteroatoms. The Morgan fingerprint density at radius 2 is 1.88 bits per heavy atom. The van der Waals surface area contributed by atoms with Gasteiger partial charge in [0.1, 0.15) is 11.5 Å². The van der Waals surface area contributed by atoms with Crippen molar-refractivity contribution in [2.75, 3.05) is 7.11 Å². The fourth-order valence-electron chi connectivity index (χ4n) is 3.96. The summed E-state index contributed by atoms with van der Waals surface area (Å²) in [5, 5.41) is 2.95. The lowest BCUT2D eigenvalue weighted by Crippen LogP contribution is -2.40. The van der Waals surface area contributed by atoms with Crippen LogP contribution in [0.25, 0.3) is 6.08 Å². The highest BCUT2D eigenvalue weighted by Gasteiger charge is 2.21. The van der Waals surface area contributed by atoms with Gasteiger partial charge in [0.05, 0.1) is 18.5 Å². The zero-order valence-electron chi connectivity index (χ0n) is 20.8. The largest absolute Gasteiger partial charge is 0.494 e. The normalized spacial score (nSPS) is 14.5. The van der Waals surface area contributed by atoms with Crippen LogP contribution in [0.4, 0.5) is 0 Å². The zero-order valence-corrected chi connectivity index (χ0v) is 21.6. The number of hydrogen-bond acceptors (Lipinski definition) is 4. The van der Waals surface area contributed by atoms with Gasteiger partial charge in [0.15, 0.2) is 5.78 Å². The van der Waals surface area contributed by atoms with Crippen LogP contribution in [-0.4, -0.2) is 40.0 Å². The maximum atomic E-state index is 12.9. The molecule has 34 heavy (non-hydrogen) atoms. The summed E-state index contributed by atoms with van der Waals surface area (Å²) in [5.74, 6) is 0.787. The third-order valence-electron chi connectivity index (χ3n) is 5.46. The number of ketones is 1. The lowest BCUT2D eigenvalue weighted by atomic mass is 10.0. The number of rotatable bonds is 9. The minimum absolute atomic E-state index is 0. The van der Waals surface area contributed by atoms with Crippen LogP contribution in [0.15, 0.2) is 40.9 Å². The topological polar surface area (TPSA) is 99.3 Å². The average Bonchev–Trinajstić information content (AvgIpc) is 3.44. The predicted octanol–water partition coefficient (Wildman–Crippen LogP) is 5.41. The van der Waals surface area contributed by atoms with E-state index in [1.165, 1.54) is 0 Å². The fraction of sp³-hybridized carbons (Fsp3) is 0.423. The Morgan fingerprint density at radius 3 is 2.50 bits per heavy atom. The number of methoxy groups -OCH3 is 1. The summed E-state index contributed by atoms with van der Waals surface area (Å²) in [5.41, 5.74) is 5.48. The quantitative estimate of drug-likeness (QED) is 0.326. The number of aromatic nitrogens is 2. The highest BCUT2D eigenvalue weighted by atomic mass is 35.5. The van der Waals surface area contributed by atoms with Crippen LogP contribution in [0.5, 0.6) is 0 Å². The summed E-state index contributed by atoms with van der Waals surface area (Å²) in [6, 6.07) is 3.88. The molecular formula is C26H35ClN4O3. The first kappa shape index (κ1) is 27.2. The minimum atomic E-state index is -0.236. The third-order valence-corrected chi connectivity index (χ3v) is 5.46. The van der Waals surface area contributed by atoms with Crippen molar-refractivity contribution in [3.8, 4) is 0 Å². The number of aromatic amines is 2. The molecule has 0 fully saturated rings. The molecule has 0 atom stereocenters. The first-order chi connectivity index (χ1) is 15.6. The molecule has 0 saturated carbocycles. The first-order valence-corrected chi connectivity index (χ1v) is 11.3. The highest BCUT2D eigenvalue weighted by molar-refractivity contribution is 6.11. The molecule has 3 N–H and O–H groups in total. The number of Topliss-reactive ketones (excluding diaryl/α,β-unsaturated/α-hetero) is 1. The number of allylic oxidation sites excluding steroid dienone is 1. The third kappa shape index (κ3) is 6.73. The number of ether oxygens (including phenoxy) is 1. The Bertz CT molecular complexity index is 1120. The van der Waals surface area contributed by atoms with Gasteiger partial charge in [-0.15, -0.1) is 12.4 Å². The minimum Gasteiger partial charge on any atom is -0.494 e. The van der Waals surface area contributed by atoms with Gasteiger partial charge in [0.2, 0.25) is 5.91 Å². The van der Waals surface area contributed by atoms with Crippen molar-refractivity contribution in [1.29, 1.82) is 0 Å². The molecular weight excluding hydrogens is 452 g/mol. The van der Waals surface area contributed by atoms with Gasteiger partial charge < -0.3 is 20.0 Å². The van der Waals surface area contributed by atoms with Crippen LogP contribution in [-0.2, 0) is 9.53 Å². The molecule has 2 aromatic heterocycles. The molecule has 184 valence electrons. The SMILES string of the molecule is COC1=CC(c2ccc[nH]2)=N/C1=C\c1[nH]c(C)c(C(=O)CCCCC(=O)NC(C)(C)C)c1C.Cl. The molecule has 3 heterocycles. The van der Waals surface area contributed by atoms with Crippen LogP contribution < -0.4 is 5.32 Å². The number of carbonyl (C=O) groups excluding carboxylic acids is 2. The van der Waals surface area contributed by atoms with Crippen molar-refractivity contribution in [2.45, 2.75) is 65.8 Å². The summed E-state index contributed by atoms with van der Waals surface area (Å²) in [6.07, 6.45) is 7.87. The number of nitrogens with zero attached hydrogens (tertiary/aromatic N) is 1. The van der Waals surface area contributed by atoms with Crippen LogP contribution >= 0.6 is 12.4 Å². The number of halogens is 1. The van der Waals surface area contributed by atoms with Gasteiger partial charge in [0, 0.05) is 47.6 Å². The van der Waals surface area contributed by atoms with Crippen LogP contribution in [0, 0.1) is 13.8 Å². The van der Waals surface area contributed by atoms with E-state index in [9.17, 15) is 9.59 Å². The second-order valence-corrected chi connectivity index (χ2v) is 9.42. The Labute approximate surface area is 207 Å². The van der Waals surface area contributed by atoms with Gasteiger partial charge >= 0.3 is 0 Å². The zero-order chi connectivity index (χ0) is 24.2. The van der Waals surface area contributed by atoms with Gasteiger partial charge in [-0.3, -0.25) is 9.59 Å². The molecule has 0 aromatic carbocycles. The first-order valence-electron chi connectivity index (χ1n) is 11.3. The monoisotopic (exact) mass is 486 g/mol. The second-order valence-electron chi connectivity index (χ2n) is 9.42. The van der Waals surface area contributed by atoms with Crippen molar-refractivity contribution in [1.82, 2.24) is 15.3 Å². The molecule has 0 saturated heterocycles. The van der Waals surface area contributed by atoms with Crippen molar-refractivity contribution in [2.24, 2.45) is 4.99 Å². The molecule has 0 unspecified atom stereocenters. The Balaban J connectivity index is 0.00000408. The van der Waals surface area contributed by atoms with E-state index in [1.807, 2.05) is 65.1 Å². The van der Waals surface area contributed by atoms with Crippen molar-refractivity contribution >= 4 is 35.9 Å². The van der Waals surface area contributed by atoms with Gasteiger partial charge in [-0.1, -0.05) is 0 Å². The number of aliphatic imine (C=N–C) groups is 1. The second kappa shape index (κ2) is 11.4. The number of unbranched alkanes of at least 4 members (excludes halogenated alkanes) is 1. The van der Waals surface area contributed by atoms with Crippen molar-refractivity contribution in [3.05, 3.63) is 64.1 Å². The Hall–Kier alpha value is -3.06. The standard InChI is InChI=1S/C26H34N4O3.ClH/c1-16-19(14-21-23(33-6)15-20(29-21)18-10-9-13-27-18)28-17(2)25(16)22(31)11-7-8-12-24(32)30-26(3,4)5;/h9-10,13-15,27-28H,7-8,11-12H2,1-6H3,(H,30,32);1H/b21-14-;. The lowest BCUT2D eigenvalue weighted by molar-refractivity contribution is -0.122. The van der Waals surface area contributed by atoms with Gasteiger partial charge in [-0.2, -0.15) is 0 Å². The van der Waals surface area contributed by atoms with Crippen LogP contribution in [0.2, 0.25) is 0 Å². The van der Waals surface area contributed by atoms with E-state index in [0.717, 1.165) is 33.9 Å². The number of aryl methyl sites for hydroxylation is 1. The number of carbonyl (C=O) groups is 2. The van der Waals surface area contributed by atoms with Gasteiger partial charge in [0.25, 0.3) is 0 Å². The summed E-state index contributed by atoms with van der Waals surface area (Å²) in [6.45, 7) is 9.74. The summed E-state index contributed by atoms with van der Waals surface area (Å²) in [7, 11) is 1.62. The van der Waals surface area contributed by atoms with E-state index in [1.54, 1.807) is 7.11 Å². The lowest BCUT2D eigenvalue weighted by Gasteiger charge is -2.20. The van der Waals surface area contributed by atoms with Crippen LogP contribution in [0.3, 0.4) is 0 Å². The van der Waals surface area contributed by atoms with Gasteiger partial charge in [-0.05, 0) is 71.2 Å². The predicted molar refractivity (Wildman–Crippen MR) is 139 cm³/mol. The van der Waals surface area contributed by atoms with E-state index in [-0.39, 0.29) is 29.6 Å². The molecule has 1 amide bonds. The summed E-state index contributed by atoms with van der Waals surface area (Å²) >= 11 is 0. The molecule has 0 spiro atoms.